The third-order valence-corrected chi connectivity index (χ3v) is 2.81. The molecule has 0 fully saturated rings. The van der Waals surface area contributed by atoms with Gasteiger partial charge in [0.05, 0.1) is 11.4 Å². The van der Waals surface area contributed by atoms with E-state index in [0.717, 1.165) is 12.2 Å². The second-order valence-electron chi connectivity index (χ2n) is 4.36. The molecular formula is C12H20N4O. The lowest BCUT2D eigenvalue weighted by atomic mass is 10.1. The number of likely N-dealkylation sites (N-methyl/N-ethyl adjacent to an activating group) is 1. The van der Waals surface area contributed by atoms with Crippen molar-refractivity contribution in [1.82, 2.24) is 4.90 Å². The summed E-state index contributed by atoms with van der Waals surface area (Å²) in [6.45, 7) is 2.90. The fourth-order valence-electron chi connectivity index (χ4n) is 1.32. The zero-order valence-electron chi connectivity index (χ0n) is 10.5. The first-order valence-electron chi connectivity index (χ1n) is 5.51. The predicted molar refractivity (Wildman–Crippen MR) is 71.0 cm³/mol. The fourth-order valence-corrected chi connectivity index (χ4v) is 1.32. The molecule has 1 amide bonds. The highest BCUT2D eigenvalue weighted by Gasteiger charge is 2.07. The number of nitrogens with one attached hydrogen (secondary N) is 1. The van der Waals surface area contributed by atoms with E-state index in [9.17, 15) is 4.79 Å². The Bertz CT molecular complexity index is 403. The standard InChI is InChI=1S/C12H20N4O/c1-8(16(2)3)7-15-11-5-4-9(12(14)17)6-10(11)13/h4-6,8,15H,7,13H2,1-3H3,(H2,14,17). The van der Waals surface area contributed by atoms with E-state index in [4.69, 9.17) is 11.5 Å². The first-order chi connectivity index (χ1) is 7.91. The van der Waals surface area contributed by atoms with Gasteiger partial charge in [0.25, 0.3) is 0 Å². The predicted octanol–water partition coefficient (Wildman–Crippen LogP) is 0.730. The molecule has 1 rings (SSSR count). The zero-order chi connectivity index (χ0) is 13.0. The smallest absolute Gasteiger partial charge is 0.248 e. The molecule has 94 valence electrons. The van der Waals surface area contributed by atoms with Crippen molar-refractivity contribution in [1.29, 1.82) is 0 Å². The Labute approximate surface area is 102 Å². The summed E-state index contributed by atoms with van der Waals surface area (Å²) >= 11 is 0. The van der Waals surface area contributed by atoms with Crippen LogP contribution in [-0.2, 0) is 0 Å². The molecule has 0 aliphatic heterocycles. The van der Waals surface area contributed by atoms with E-state index in [1.165, 1.54) is 0 Å². The SMILES string of the molecule is CC(CNc1ccc(C(N)=O)cc1N)N(C)C. The van der Waals surface area contributed by atoms with Gasteiger partial charge in [0.2, 0.25) is 5.91 Å². The Morgan fingerprint density at radius 1 is 1.47 bits per heavy atom. The Hall–Kier alpha value is -1.75. The van der Waals surface area contributed by atoms with Gasteiger partial charge in [-0.15, -0.1) is 0 Å². The van der Waals surface area contributed by atoms with Crippen molar-refractivity contribution in [3.63, 3.8) is 0 Å². The maximum Gasteiger partial charge on any atom is 0.248 e. The number of nitrogen functional groups attached to an aromatic ring is 1. The minimum Gasteiger partial charge on any atom is -0.397 e. The van der Waals surface area contributed by atoms with Crippen LogP contribution in [-0.4, -0.2) is 37.5 Å². The van der Waals surface area contributed by atoms with E-state index in [0.29, 0.717) is 17.3 Å². The Morgan fingerprint density at radius 3 is 2.59 bits per heavy atom. The second kappa shape index (κ2) is 5.54. The number of carbonyl (C=O) groups is 1. The van der Waals surface area contributed by atoms with Gasteiger partial charge in [-0.2, -0.15) is 0 Å². The Balaban J connectivity index is 2.70. The molecular weight excluding hydrogens is 216 g/mol. The van der Waals surface area contributed by atoms with Gasteiger partial charge in [-0.1, -0.05) is 0 Å². The molecule has 0 aromatic heterocycles. The van der Waals surface area contributed by atoms with Crippen LogP contribution in [0, 0.1) is 0 Å². The van der Waals surface area contributed by atoms with Gasteiger partial charge >= 0.3 is 0 Å². The summed E-state index contributed by atoms with van der Waals surface area (Å²) in [7, 11) is 4.04. The lowest BCUT2D eigenvalue weighted by Crippen LogP contribution is -2.31. The molecule has 17 heavy (non-hydrogen) atoms. The van der Waals surface area contributed by atoms with Crippen LogP contribution in [0.1, 0.15) is 17.3 Å². The fraction of sp³-hybridized carbons (Fsp3) is 0.417. The van der Waals surface area contributed by atoms with Crippen LogP contribution in [0.25, 0.3) is 0 Å². The number of rotatable bonds is 5. The maximum absolute atomic E-state index is 11.0. The summed E-state index contributed by atoms with van der Waals surface area (Å²) in [5.41, 5.74) is 12.8. The molecule has 1 atom stereocenters. The number of hydrogen-bond acceptors (Lipinski definition) is 4. The van der Waals surface area contributed by atoms with Crippen molar-refractivity contribution in [2.45, 2.75) is 13.0 Å². The summed E-state index contributed by atoms with van der Waals surface area (Å²) in [6, 6.07) is 5.43. The molecule has 1 aromatic carbocycles. The number of primary amides is 1. The van der Waals surface area contributed by atoms with Crippen LogP contribution in [0.2, 0.25) is 0 Å². The third-order valence-electron chi connectivity index (χ3n) is 2.81. The van der Waals surface area contributed by atoms with E-state index in [-0.39, 0.29) is 0 Å². The number of anilines is 2. The van der Waals surface area contributed by atoms with Crippen LogP contribution in [0.5, 0.6) is 0 Å². The van der Waals surface area contributed by atoms with E-state index in [1.54, 1.807) is 18.2 Å². The normalized spacial score (nSPS) is 12.5. The van der Waals surface area contributed by atoms with E-state index < -0.39 is 5.91 Å². The molecule has 5 nitrogen and oxygen atoms in total. The molecule has 0 bridgehead atoms. The summed E-state index contributed by atoms with van der Waals surface area (Å²) in [6.07, 6.45) is 0. The first kappa shape index (κ1) is 13.3. The van der Waals surface area contributed by atoms with E-state index in [1.807, 2.05) is 14.1 Å². The quantitative estimate of drug-likeness (QED) is 0.658. The molecule has 0 aliphatic rings. The van der Waals surface area contributed by atoms with Crippen molar-refractivity contribution in [2.75, 3.05) is 31.7 Å². The molecule has 0 saturated carbocycles. The van der Waals surface area contributed by atoms with Gasteiger partial charge in [0, 0.05) is 18.2 Å². The summed E-state index contributed by atoms with van der Waals surface area (Å²) in [5.74, 6) is -0.468. The number of nitrogens with zero attached hydrogens (tertiary/aromatic N) is 1. The zero-order valence-corrected chi connectivity index (χ0v) is 10.5. The van der Waals surface area contributed by atoms with Gasteiger partial charge in [-0.05, 0) is 39.2 Å². The van der Waals surface area contributed by atoms with Gasteiger partial charge in [0.1, 0.15) is 0 Å². The molecule has 0 saturated heterocycles. The van der Waals surface area contributed by atoms with Crippen LogP contribution in [0.4, 0.5) is 11.4 Å². The Morgan fingerprint density at radius 2 is 2.12 bits per heavy atom. The molecule has 1 aromatic rings. The van der Waals surface area contributed by atoms with Gasteiger partial charge < -0.3 is 21.7 Å². The first-order valence-corrected chi connectivity index (χ1v) is 5.51. The molecule has 5 N–H and O–H groups in total. The summed E-state index contributed by atoms with van der Waals surface area (Å²) in [4.78, 5) is 13.1. The number of amides is 1. The largest absolute Gasteiger partial charge is 0.397 e. The highest BCUT2D eigenvalue weighted by Crippen LogP contribution is 2.19. The highest BCUT2D eigenvalue weighted by molar-refractivity contribution is 5.94. The van der Waals surface area contributed by atoms with Crippen molar-refractivity contribution in [3.8, 4) is 0 Å². The van der Waals surface area contributed by atoms with Crippen LogP contribution in [0.3, 0.4) is 0 Å². The minimum atomic E-state index is -0.468. The van der Waals surface area contributed by atoms with Crippen LogP contribution >= 0.6 is 0 Å². The van der Waals surface area contributed by atoms with E-state index >= 15 is 0 Å². The average molecular weight is 236 g/mol. The Kier molecular flexibility index (Phi) is 4.34. The summed E-state index contributed by atoms with van der Waals surface area (Å²) < 4.78 is 0. The number of carbonyl (C=O) groups excluding carboxylic acids is 1. The molecule has 5 heteroatoms. The van der Waals surface area contributed by atoms with Gasteiger partial charge in [-0.25, -0.2) is 0 Å². The lowest BCUT2D eigenvalue weighted by molar-refractivity contribution is 0.100. The highest BCUT2D eigenvalue weighted by atomic mass is 16.1. The average Bonchev–Trinajstić information content (AvgIpc) is 2.26. The molecule has 0 aliphatic carbocycles. The lowest BCUT2D eigenvalue weighted by Gasteiger charge is -2.21. The van der Waals surface area contributed by atoms with Crippen LogP contribution in [0.15, 0.2) is 18.2 Å². The van der Waals surface area contributed by atoms with Crippen molar-refractivity contribution < 1.29 is 4.79 Å². The van der Waals surface area contributed by atoms with Crippen molar-refractivity contribution >= 4 is 17.3 Å². The molecule has 1 unspecified atom stereocenters. The maximum atomic E-state index is 11.0. The molecule has 0 radical (unpaired) electrons. The van der Waals surface area contributed by atoms with Gasteiger partial charge in [-0.3, -0.25) is 4.79 Å². The van der Waals surface area contributed by atoms with E-state index in [2.05, 4.69) is 17.1 Å². The molecule has 0 spiro atoms. The number of nitrogens with two attached hydrogens (primary N) is 2. The second-order valence-corrected chi connectivity index (χ2v) is 4.36. The molecule has 0 heterocycles. The number of hydrogen-bond donors (Lipinski definition) is 3. The van der Waals surface area contributed by atoms with Crippen molar-refractivity contribution in [2.24, 2.45) is 5.73 Å². The minimum absolute atomic E-state index is 0.394. The topological polar surface area (TPSA) is 84.4 Å². The van der Waals surface area contributed by atoms with Gasteiger partial charge in [0.15, 0.2) is 0 Å². The summed E-state index contributed by atoms with van der Waals surface area (Å²) in [5, 5.41) is 3.24. The van der Waals surface area contributed by atoms with Crippen LogP contribution < -0.4 is 16.8 Å². The third kappa shape index (κ3) is 3.64. The van der Waals surface area contributed by atoms with Crippen molar-refractivity contribution in [3.05, 3.63) is 23.8 Å². The monoisotopic (exact) mass is 236 g/mol. The number of benzene rings is 1.